The summed E-state index contributed by atoms with van der Waals surface area (Å²) < 4.78 is 14.6. The highest BCUT2D eigenvalue weighted by atomic mass is 79.9. The molecule has 4 heteroatoms. The van der Waals surface area contributed by atoms with Gasteiger partial charge >= 0.3 is 0 Å². The zero-order valence-corrected chi connectivity index (χ0v) is 13.0. The lowest BCUT2D eigenvalue weighted by Crippen LogP contribution is -2.33. The molecule has 0 heterocycles. The first-order valence-electron chi connectivity index (χ1n) is 6.95. The molecule has 3 rings (SSSR count). The second-order valence-corrected chi connectivity index (χ2v) is 6.19. The summed E-state index contributed by atoms with van der Waals surface area (Å²) >= 11 is 3.21. The quantitative estimate of drug-likeness (QED) is 0.802. The van der Waals surface area contributed by atoms with Crippen molar-refractivity contribution in [1.82, 2.24) is 4.90 Å². The lowest BCUT2D eigenvalue weighted by Gasteiger charge is -2.23. The molecule has 0 aliphatic heterocycles. The maximum Gasteiger partial charge on any atom is 0.257 e. The zero-order chi connectivity index (χ0) is 14.8. The first kappa shape index (κ1) is 14.3. The predicted molar refractivity (Wildman–Crippen MR) is 83.4 cm³/mol. The number of hydrogen-bond acceptors (Lipinski definition) is 1. The summed E-state index contributed by atoms with van der Waals surface area (Å²) in [5.41, 5.74) is 1.20. The van der Waals surface area contributed by atoms with Gasteiger partial charge in [-0.15, -0.1) is 0 Å². The minimum atomic E-state index is -0.479. The monoisotopic (exact) mass is 347 g/mol. The summed E-state index contributed by atoms with van der Waals surface area (Å²) in [6, 6.07) is 14.6. The largest absolute Gasteiger partial charge is 0.331 e. The fraction of sp³-hybridized carbons (Fsp3) is 0.235. The molecule has 0 N–H and O–H groups in total. The predicted octanol–water partition coefficient (Wildman–Crippen LogP) is 4.39. The molecule has 0 bridgehead atoms. The van der Waals surface area contributed by atoms with E-state index in [1.165, 1.54) is 6.07 Å². The summed E-state index contributed by atoms with van der Waals surface area (Å²) in [6.07, 6.45) is 1.99. The Morgan fingerprint density at radius 2 is 1.90 bits per heavy atom. The van der Waals surface area contributed by atoms with Crippen LogP contribution >= 0.6 is 15.9 Å². The average Bonchev–Trinajstić information content (AvgIpc) is 3.30. The first-order valence-corrected chi connectivity index (χ1v) is 7.74. The fourth-order valence-corrected chi connectivity index (χ4v) is 2.68. The number of benzene rings is 2. The number of hydrogen-bond donors (Lipinski definition) is 0. The van der Waals surface area contributed by atoms with Gasteiger partial charge in [0.25, 0.3) is 5.91 Å². The van der Waals surface area contributed by atoms with Crippen molar-refractivity contribution in [2.45, 2.75) is 25.4 Å². The van der Waals surface area contributed by atoms with Crippen molar-refractivity contribution in [2.24, 2.45) is 0 Å². The minimum Gasteiger partial charge on any atom is -0.331 e. The lowest BCUT2D eigenvalue weighted by molar-refractivity contribution is 0.0725. The van der Waals surface area contributed by atoms with Gasteiger partial charge < -0.3 is 4.90 Å². The van der Waals surface area contributed by atoms with Crippen molar-refractivity contribution in [2.75, 3.05) is 0 Å². The number of carbonyl (C=O) groups excluding carboxylic acids is 1. The van der Waals surface area contributed by atoms with E-state index in [1.54, 1.807) is 17.0 Å². The van der Waals surface area contributed by atoms with E-state index < -0.39 is 5.82 Å². The second kappa shape index (κ2) is 5.98. The van der Waals surface area contributed by atoms with Crippen LogP contribution in [0.15, 0.2) is 53.0 Å². The summed E-state index contributed by atoms with van der Waals surface area (Å²) in [5.74, 6) is -0.709. The SMILES string of the molecule is O=C(c1ccc(Br)cc1F)N(Cc1ccccc1)C1CC1. The van der Waals surface area contributed by atoms with Crippen LogP contribution in [0.5, 0.6) is 0 Å². The molecule has 0 radical (unpaired) electrons. The van der Waals surface area contributed by atoms with Crippen LogP contribution in [0.25, 0.3) is 0 Å². The van der Waals surface area contributed by atoms with Gasteiger partial charge in [-0.3, -0.25) is 4.79 Å². The molecular weight excluding hydrogens is 333 g/mol. The van der Waals surface area contributed by atoms with E-state index >= 15 is 0 Å². The maximum absolute atomic E-state index is 14.0. The number of nitrogens with zero attached hydrogens (tertiary/aromatic N) is 1. The van der Waals surface area contributed by atoms with Crippen LogP contribution in [-0.2, 0) is 6.54 Å². The summed E-state index contributed by atoms with van der Waals surface area (Å²) in [4.78, 5) is 14.4. The third kappa shape index (κ3) is 3.32. The molecule has 108 valence electrons. The van der Waals surface area contributed by atoms with E-state index in [0.29, 0.717) is 11.0 Å². The van der Waals surface area contributed by atoms with Crippen molar-refractivity contribution in [3.05, 3.63) is 69.9 Å². The summed E-state index contributed by atoms with van der Waals surface area (Å²) in [6.45, 7) is 0.528. The highest BCUT2D eigenvalue weighted by Crippen LogP contribution is 2.30. The van der Waals surface area contributed by atoms with E-state index in [0.717, 1.165) is 18.4 Å². The highest BCUT2D eigenvalue weighted by molar-refractivity contribution is 9.10. The Morgan fingerprint density at radius 1 is 1.19 bits per heavy atom. The van der Waals surface area contributed by atoms with Crippen molar-refractivity contribution in [3.63, 3.8) is 0 Å². The lowest BCUT2D eigenvalue weighted by atomic mass is 10.1. The van der Waals surface area contributed by atoms with Crippen LogP contribution < -0.4 is 0 Å². The maximum atomic E-state index is 14.0. The van der Waals surface area contributed by atoms with Crippen LogP contribution in [0.2, 0.25) is 0 Å². The van der Waals surface area contributed by atoms with Gasteiger partial charge in [0.05, 0.1) is 5.56 Å². The average molecular weight is 348 g/mol. The van der Waals surface area contributed by atoms with Crippen LogP contribution in [0, 0.1) is 5.82 Å². The molecule has 1 amide bonds. The molecule has 0 aromatic heterocycles. The van der Waals surface area contributed by atoms with Gasteiger partial charge in [-0.05, 0) is 36.6 Å². The summed E-state index contributed by atoms with van der Waals surface area (Å²) in [5, 5.41) is 0. The van der Waals surface area contributed by atoms with Crippen molar-refractivity contribution in [3.8, 4) is 0 Å². The zero-order valence-electron chi connectivity index (χ0n) is 11.4. The Bertz CT molecular complexity index is 655. The Hall–Kier alpha value is -1.68. The molecule has 2 aromatic carbocycles. The normalized spacial score (nSPS) is 14.0. The highest BCUT2D eigenvalue weighted by Gasteiger charge is 2.33. The van der Waals surface area contributed by atoms with E-state index in [4.69, 9.17) is 0 Å². The molecule has 1 saturated carbocycles. The Labute approximate surface area is 131 Å². The van der Waals surface area contributed by atoms with Crippen LogP contribution in [0.1, 0.15) is 28.8 Å². The molecule has 0 unspecified atom stereocenters. The van der Waals surface area contributed by atoms with Crippen LogP contribution in [0.4, 0.5) is 4.39 Å². The molecule has 21 heavy (non-hydrogen) atoms. The molecule has 1 aliphatic rings. The van der Waals surface area contributed by atoms with Crippen LogP contribution in [0.3, 0.4) is 0 Å². The van der Waals surface area contributed by atoms with Gasteiger partial charge in [-0.25, -0.2) is 4.39 Å². The number of rotatable bonds is 4. The fourth-order valence-electron chi connectivity index (χ4n) is 2.35. The van der Waals surface area contributed by atoms with Crippen molar-refractivity contribution >= 4 is 21.8 Å². The summed E-state index contributed by atoms with van der Waals surface area (Å²) in [7, 11) is 0. The van der Waals surface area contributed by atoms with Gasteiger partial charge in [-0.1, -0.05) is 46.3 Å². The molecular formula is C17H15BrFNO. The molecule has 0 atom stereocenters. The van der Waals surface area contributed by atoms with Gasteiger partial charge in [0, 0.05) is 17.1 Å². The third-order valence-electron chi connectivity index (χ3n) is 3.61. The van der Waals surface area contributed by atoms with Gasteiger partial charge in [0.1, 0.15) is 5.82 Å². The van der Waals surface area contributed by atoms with E-state index in [-0.39, 0.29) is 17.5 Å². The number of carbonyl (C=O) groups is 1. The van der Waals surface area contributed by atoms with Crippen molar-refractivity contribution in [1.29, 1.82) is 0 Å². The second-order valence-electron chi connectivity index (χ2n) is 5.27. The Kier molecular flexibility index (Phi) is 4.06. The third-order valence-corrected chi connectivity index (χ3v) is 4.10. The number of halogens is 2. The molecule has 1 aliphatic carbocycles. The molecule has 1 fully saturated rings. The van der Waals surface area contributed by atoms with Gasteiger partial charge in [0.15, 0.2) is 0 Å². The molecule has 0 spiro atoms. The van der Waals surface area contributed by atoms with Gasteiger partial charge in [0.2, 0.25) is 0 Å². The van der Waals surface area contributed by atoms with Crippen molar-refractivity contribution < 1.29 is 9.18 Å². The van der Waals surface area contributed by atoms with E-state index in [9.17, 15) is 9.18 Å². The Morgan fingerprint density at radius 3 is 2.52 bits per heavy atom. The first-order chi connectivity index (χ1) is 10.1. The molecule has 2 nitrogen and oxygen atoms in total. The van der Waals surface area contributed by atoms with Gasteiger partial charge in [-0.2, -0.15) is 0 Å². The minimum absolute atomic E-state index is 0.140. The smallest absolute Gasteiger partial charge is 0.257 e. The molecule has 2 aromatic rings. The van der Waals surface area contributed by atoms with Crippen LogP contribution in [-0.4, -0.2) is 16.8 Å². The number of amides is 1. The van der Waals surface area contributed by atoms with E-state index in [1.807, 2.05) is 30.3 Å². The Balaban J connectivity index is 1.85. The molecule has 0 saturated heterocycles. The standard InChI is InChI=1S/C17H15BrFNO/c18-13-6-9-15(16(19)10-13)17(21)20(14-7-8-14)11-12-4-2-1-3-5-12/h1-6,9-10,14H,7-8,11H2. The topological polar surface area (TPSA) is 20.3 Å². The van der Waals surface area contributed by atoms with E-state index in [2.05, 4.69) is 15.9 Å².